The minimum Gasteiger partial charge on any atom is -0.381 e. The molecule has 0 bridgehead atoms. The van der Waals surface area contributed by atoms with E-state index in [9.17, 15) is 4.79 Å². The van der Waals surface area contributed by atoms with Crippen LogP contribution in [0.3, 0.4) is 0 Å². The molecule has 0 aromatic carbocycles. The summed E-state index contributed by atoms with van der Waals surface area (Å²) in [6.07, 6.45) is 6.27. The summed E-state index contributed by atoms with van der Waals surface area (Å²) < 4.78 is 11.1. The van der Waals surface area contributed by atoms with Gasteiger partial charge in [0.15, 0.2) is 0 Å². The van der Waals surface area contributed by atoms with Gasteiger partial charge in [0.25, 0.3) is 0 Å². The first-order chi connectivity index (χ1) is 11.3. The molecule has 126 valence electrons. The Morgan fingerprint density at radius 3 is 2.87 bits per heavy atom. The molecule has 0 spiro atoms. The largest absolute Gasteiger partial charge is 0.381 e. The van der Waals surface area contributed by atoms with E-state index in [-0.39, 0.29) is 11.9 Å². The smallest absolute Gasteiger partial charge is 0.223 e. The van der Waals surface area contributed by atoms with Crippen LogP contribution in [0.25, 0.3) is 0 Å². The molecule has 0 saturated carbocycles. The fraction of sp³-hybridized carbons (Fsp3) is 0.667. The van der Waals surface area contributed by atoms with E-state index in [1.54, 1.807) is 6.20 Å². The number of hydrogen-bond acceptors (Lipinski definition) is 4. The van der Waals surface area contributed by atoms with Crippen molar-refractivity contribution in [3.8, 4) is 0 Å². The first kappa shape index (κ1) is 16.4. The average Bonchev–Trinajstić information content (AvgIpc) is 2.62. The van der Waals surface area contributed by atoms with Crippen LogP contribution >= 0.6 is 0 Å². The van der Waals surface area contributed by atoms with E-state index in [0.29, 0.717) is 32.0 Å². The highest BCUT2D eigenvalue weighted by Gasteiger charge is 2.29. The summed E-state index contributed by atoms with van der Waals surface area (Å²) in [5, 5.41) is 0. The summed E-state index contributed by atoms with van der Waals surface area (Å²) in [4.78, 5) is 19.0. The number of carbonyl (C=O) groups is 1. The molecule has 1 unspecified atom stereocenters. The Morgan fingerprint density at radius 2 is 2.09 bits per heavy atom. The van der Waals surface area contributed by atoms with E-state index < -0.39 is 0 Å². The van der Waals surface area contributed by atoms with Crippen molar-refractivity contribution in [3.63, 3.8) is 0 Å². The second kappa shape index (κ2) is 8.41. The van der Waals surface area contributed by atoms with Gasteiger partial charge < -0.3 is 14.4 Å². The number of hydrogen-bond donors (Lipinski definition) is 0. The molecule has 5 nitrogen and oxygen atoms in total. The Kier molecular flexibility index (Phi) is 6.00. The lowest BCUT2D eigenvalue weighted by molar-refractivity contribution is -0.140. The van der Waals surface area contributed by atoms with E-state index in [1.807, 2.05) is 23.1 Å². The third-order valence-electron chi connectivity index (χ3n) is 4.82. The Morgan fingerprint density at radius 1 is 1.22 bits per heavy atom. The van der Waals surface area contributed by atoms with Crippen molar-refractivity contribution >= 4 is 5.91 Å². The molecular weight excluding hydrogens is 292 g/mol. The first-order valence-corrected chi connectivity index (χ1v) is 8.68. The Labute approximate surface area is 138 Å². The van der Waals surface area contributed by atoms with Crippen molar-refractivity contribution in [2.45, 2.75) is 38.1 Å². The number of amides is 1. The van der Waals surface area contributed by atoms with E-state index in [1.165, 1.54) is 0 Å². The van der Waals surface area contributed by atoms with Crippen molar-refractivity contribution in [3.05, 3.63) is 30.1 Å². The summed E-state index contributed by atoms with van der Waals surface area (Å²) in [5.74, 6) is 0.887. The summed E-state index contributed by atoms with van der Waals surface area (Å²) in [7, 11) is 0. The zero-order chi connectivity index (χ0) is 15.9. The third-order valence-corrected chi connectivity index (χ3v) is 4.82. The van der Waals surface area contributed by atoms with Crippen molar-refractivity contribution in [1.82, 2.24) is 9.88 Å². The maximum Gasteiger partial charge on any atom is 0.223 e. The number of carbonyl (C=O) groups excluding carboxylic acids is 1. The minimum atomic E-state index is 0.225. The molecule has 1 amide bonds. The number of rotatable bonds is 5. The van der Waals surface area contributed by atoms with E-state index in [2.05, 4.69) is 4.98 Å². The normalized spacial score (nSPS) is 23.0. The van der Waals surface area contributed by atoms with Gasteiger partial charge in [0, 0.05) is 38.1 Å². The zero-order valence-electron chi connectivity index (χ0n) is 13.7. The Hall–Kier alpha value is -1.46. The quantitative estimate of drug-likeness (QED) is 0.834. The highest BCUT2D eigenvalue weighted by atomic mass is 16.5. The second-order valence-corrected chi connectivity index (χ2v) is 6.43. The summed E-state index contributed by atoms with van der Waals surface area (Å²) in [5.41, 5.74) is 0.982. The van der Waals surface area contributed by atoms with Crippen LogP contribution in [0, 0.1) is 5.92 Å². The molecule has 5 heteroatoms. The van der Waals surface area contributed by atoms with Gasteiger partial charge >= 0.3 is 0 Å². The van der Waals surface area contributed by atoms with Crippen molar-refractivity contribution in [2.24, 2.45) is 5.92 Å². The maximum absolute atomic E-state index is 12.6. The summed E-state index contributed by atoms with van der Waals surface area (Å²) in [6.45, 7) is 3.75. The number of ether oxygens (including phenoxy) is 2. The molecule has 1 atom stereocenters. The van der Waals surface area contributed by atoms with Gasteiger partial charge in [-0.2, -0.15) is 0 Å². The van der Waals surface area contributed by atoms with Crippen LogP contribution in [0.4, 0.5) is 0 Å². The molecule has 0 radical (unpaired) electrons. The fourth-order valence-corrected chi connectivity index (χ4v) is 3.47. The van der Waals surface area contributed by atoms with Gasteiger partial charge in [0.2, 0.25) is 5.91 Å². The third kappa shape index (κ3) is 4.75. The van der Waals surface area contributed by atoms with Gasteiger partial charge in [-0.15, -0.1) is 0 Å². The molecule has 0 N–H and O–H groups in total. The molecule has 1 aromatic heterocycles. The van der Waals surface area contributed by atoms with Crippen LogP contribution in [-0.4, -0.2) is 54.8 Å². The fourth-order valence-electron chi connectivity index (χ4n) is 3.47. The molecule has 23 heavy (non-hydrogen) atoms. The molecule has 3 rings (SSSR count). The highest BCUT2D eigenvalue weighted by molar-refractivity contribution is 5.76. The lowest BCUT2D eigenvalue weighted by atomic mass is 9.91. The minimum absolute atomic E-state index is 0.225. The van der Waals surface area contributed by atoms with Crippen molar-refractivity contribution in [1.29, 1.82) is 0 Å². The zero-order valence-corrected chi connectivity index (χ0v) is 13.7. The van der Waals surface area contributed by atoms with Crippen LogP contribution in [0.15, 0.2) is 24.4 Å². The van der Waals surface area contributed by atoms with Crippen LogP contribution in [0.2, 0.25) is 0 Å². The van der Waals surface area contributed by atoms with Crippen molar-refractivity contribution < 1.29 is 14.3 Å². The predicted octanol–water partition coefficient (Wildman–Crippen LogP) is 2.06. The maximum atomic E-state index is 12.6. The van der Waals surface area contributed by atoms with Crippen LogP contribution in [0.5, 0.6) is 0 Å². The lowest BCUT2D eigenvalue weighted by Crippen LogP contribution is -2.49. The molecule has 3 heterocycles. The monoisotopic (exact) mass is 318 g/mol. The van der Waals surface area contributed by atoms with E-state index >= 15 is 0 Å². The average molecular weight is 318 g/mol. The number of nitrogens with zero attached hydrogens (tertiary/aromatic N) is 2. The molecular formula is C18H26N2O3. The van der Waals surface area contributed by atoms with Crippen molar-refractivity contribution in [2.75, 3.05) is 33.0 Å². The first-order valence-electron chi connectivity index (χ1n) is 8.68. The number of pyridine rings is 1. The standard InChI is InChI=1S/C18H26N2O3/c21-18(5-4-16-3-1-2-8-19-16)20-9-12-23-14-17(20)13-15-6-10-22-11-7-15/h1-3,8,15,17H,4-7,9-14H2. The number of morpholine rings is 1. The van der Waals surface area contributed by atoms with Gasteiger partial charge in [0.1, 0.15) is 0 Å². The lowest BCUT2D eigenvalue weighted by Gasteiger charge is -2.38. The van der Waals surface area contributed by atoms with Crippen LogP contribution < -0.4 is 0 Å². The Bertz CT molecular complexity index is 488. The molecule has 0 aliphatic carbocycles. The Balaban J connectivity index is 1.53. The van der Waals surface area contributed by atoms with Gasteiger partial charge in [-0.05, 0) is 43.7 Å². The molecule has 2 saturated heterocycles. The highest BCUT2D eigenvalue weighted by Crippen LogP contribution is 2.24. The molecule has 1 aromatic rings. The van der Waals surface area contributed by atoms with E-state index in [4.69, 9.17) is 9.47 Å². The van der Waals surface area contributed by atoms with Gasteiger partial charge in [-0.25, -0.2) is 0 Å². The summed E-state index contributed by atoms with van der Waals surface area (Å²) in [6, 6.07) is 6.07. The van der Waals surface area contributed by atoms with Gasteiger partial charge in [0.05, 0.1) is 19.3 Å². The van der Waals surface area contributed by atoms with Crippen LogP contribution in [0.1, 0.15) is 31.4 Å². The van der Waals surface area contributed by atoms with Gasteiger partial charge in [-0.3, -0.25) is 9.78 Å². The predicted molar refractivity (Wildman–Crippen MR) is 87.0 cm³/mol. The summed E-state index contributed by atoms with van der Waals surface area (Å²) >= 11 is 0. The topological polar surface area (TPSA) is 51.7 Å². The van der Waals surface area contributed by atoms with Crippen LogP contribution in [-0.2, 0) is 20.7 Å². The second-order valence-electron chi connectivity index (χ2n) is 6.43. The van der Waals surface area contributed by atoms with E-state index in [0.717, 1.165) is 44.7 Å². The SMILES string of the molecule is O=C(CCc1ccccn1)N1CCOCC1CC1CCOCC1. The molecule has 2 aliphatic rings. The molecule has 2 aliphatic heterocycles. The van der Waals surface area contributed by atoms with Gasteiger partial charge in [-0.1, -0.05) is 6.07 Å². The number of aryl methyl sites for hydroxylation is 1. The number of aromatic nitrogens is 1. The molecule has 2 fully saturated rings.